The number of hydrogen-bond donors (Lipinski definition) is 2. The normalized spacial score (nSPS) is 18.3. The zero-order chi connectivity index (χ0) is 16.8. The van der Waals surface area contributed by atoms with Crippen LogP contribution in [0.15, 0.2) is 24.4 Å². The highest BCUT2D eigenvalue weighted by atomic mass is 35.5. The van der Waals surface area contributed by atoms with E-state index in [4.69, 9.17) is 11.6 Å². The van der Waals surface area contributed by atoms with Gasteiger partial charge in [0.2, 0.25) is 5.91 Å². The number of nitrogens with one attached hydrogen (secondary N) is 1. The number of phenols is 1. The molecule has 1 amide bonds. The van der Waals surface area contributed by atoms with Crippen LogP contribution in [0.4, 0.5) is 5.82 Å². The van der Waals surface area contributed by atoms with Gasteiger partial charge in [0, 0.05) is 5.56 Å². The number of amides is 1. The number of fused-ring (bicyclic) bond motifs is 1. The van der Waals surface area contributed by atoms with Crippen LogP contribution in [0.25, 0.3) is 0 Å². The van der Waals surface area contributed by atoms with E-state index in [1.165, 1.54) is 11.8 Å². The van der Waals surface area contributed by atoms with Crippen LogP contribution in [-0.4, -0.2) is 26.5 Å². The second kappa shape index (κ2) is 5.76. The number of anilines is 1. The van der Waals surface area contributed by atoms with Crippen molar-refractivity contribution in [1.82, 2.24) is 9.78 Å². The van der Waals surface area contributed by atoms with E-state index < -0.39 is 0 Å². The van der Waals surface area contributed by atoms with Gasteiger partial charge < -0.3 is 10.4 Å². The fourth-order valence-electron chi connectivity index (χ4n) is 2.57. The highest BCUT2D eigenvalue weighted by Gasteiger charge is 2.30. The first-order valence-corrected chi connectivity index (χ1v) is 8.68. The van der Waals surface area contributed by atoms with Crippen molar-refractivity contribution in [1.29, 1.82) is 0 Å². The topological polar surface area (TPSA) is 67.2 Å². The molecular weight excluding hydrogens is 334 g/mol. The van der Waals surface area contributed by atoms with E-state index in [0.717, 1.165) is 16.9 Å². The Bertz CT molecular complexity index is 767. The summed E-state index contributed by atoms with van der Waals surface area (Å²) in [4.78, 5) is 12.1. The SMILES string of the molecule is CC(C)(C)n1ncc2c1NC(=O)CSC2c1ccc(O)c(Cl)c1. The second-order valence-electron chi connectivity index (χ2n) is 6.48. The number of phenolic OH excluding ortho intramolecular Hbond substituents is 1. The lowest BCUT2D eigenvalue weighted by atomic mass is 10.1. The average Bonchev–Trinajstić information content (AvgIpc) is 2.79. The summed E-state index contributed by atoms with van der Waals surface area (Å²) in [6.07, 6.45) is 1.80. The summed E-state index contributed by atoms with van der Waals surface area (Å²) in [5.41, 5.74) is 1.63. The van der Waals surface area contributed by atoms with Crippen molar-refractivity contribution >= 4 is 35.1 Å². The van der Waals surface area contributed by atoms with E-state index in [9.17, 15) is 9.90 Å². The van der Waals surface area contributed by atoms with Gasteiger partial charge in [-0.2, -0.15) is 5.10 Å². The molecule has 1 aromatic carbocycles. The molecule has 3 rings (SSSR count). The monoisotopic (exact) mass is 351 g/mol. The Hall–Kier alpha value is -1.66. The summed E-state index contributed by atoms with van der Waals surface area (Å²) < 4.78 is 1.83. The Morgan fingerprint density at radius 3 is 2.83 bits per heavy atom. The summed E-state index contributed by atoms with van der Waals surface area (Å²) in [5.74, 6) is 1.08. The number of aromatic hydroxyl groups is 1. The largest absolute Gasteiger partial charge is 0.506 e. The Morgan fingerprint density at radius 1 is 1.43 bits per heavy atom. The molecule has 7 heteroatoms. The van der Waals surface area contributed by atoms with Crippen LogP contribution in [-0.2, 0) is 10.3 Å². The maximum Gasteiger partial charge on any atom is 0.235 e. The van der Waals surface area contributed by atoms with Crippen LogP contribution in [0.1, 0.15) is 37.1 Å². The average molecular weight is 352 g/mol. The number of carbonyl (C=O) groups excluding carboxylic acids is 1. The molecule has 23 heavy (non-hydrogen) atoms. The fourth-order valence-corrected chi connectivity index (χ4v) is 3.84. The first kappa shape index (κ1) is 16.2. The van der Waals surface area contributed by atoms with Crippen molar-refractivity contribution < 1.29 is 9.90 Å². The van der Waals surface area contributed by atoms with Crippen molar-refractivity contribution in [2.45, 2.75) is 31.6 Å². The summed E-state index contributed by atoms with van der Waals surface area (Å²) in [6, 6.07) is 5.14. The summed E-state index contributed by atoms with van der Waals surface area (Å²) in [6.45, 7) is 6.12. The Labute approximate surface area is 144 Å². The lowest BCUT2D eigenvalue weighted by Gasteiger charge is -2.23. The molecule has 122 valence electrons. The Morgan fingerprint density at radius 2 is 2.17 bits per heavy atom. The van der Waals surface area contributed by atoms with Gasteiger partial charge in [0.1, 0.15) is 11.6 Å². The van der Waals surface area contributed by atoms with Gasteiger partial charge >= 0.3 is 0 Å². The third kappa shape index (κ3) is 3.05. The second-order valence-corrected chi connectivity index (χ2v) is 7.98. The van der Waals surface area contributed by atoms with Crippen molar-refractivity contribution in [3.63, 3.8) is 0 Å². The van der Waals surface area contributed by atoms with E-state index in [-0.39, 0.29) is 22.4 Å². The van der Waals surface area contributed by atoms with Crippen molar-refractivity contribution in [2.24, 2.45) is 0 Å². The van der Waals surface area contributed by atoms with Gasteiger partial charge in [0.05, 0.1) is 27.8 Å². The lowest BCUT2D eigenvalue weighted by Crippen LogP contribution is -2.27. The standard InChI is InChI=1S/C16H18ClN3O2S/c1-16(2,3)20-15-10(7-18-20)14(23-8-13(22)19-15)9-4-5-12(21)11(17)6-9/h4-7,14,21H,8H2,1-3H3,(H,19,22). The van der Waals surface area contributed by atoms with Crippen LogP contribution >= 0.6 is 23.4 Å². The lowest BCUT2D eigenvalue weighted by molar-refractivity contribution is -0.113. The quantitative estimate of drug-likeness (QED) is 0.820. The molecule has 2 heterocycles. The molecule has 0 fully saturated rings. The molecular formula is C16H18ClN3O2S. The van der Waals surface area contributed by atoms with E-state index in [0.29, 0.717) is 10.8 Å². The van der Waals surface area contributed by atoms with Gasteiger partial charge in [0.25, 0.3) is 0 Å². The molecule has 1 aliphatic heterocycles. The molecule has 1 unspecified atom stereocenters. The van der Waals surface area contributed by atoms with E-state index in [1.807, 2.05) is 31.5 Å². The number of thioether (sulfide) groups is 1. The van der Waals surface area contributed by atoms with E-state index in [1.54, 1.807) is 18.3 Å². The first-order valence-electron chi connectivity index (χ1n) is 7.25. The number of nitrogens with zero attached hydrogens (tertiary/aromatic N) is 2. The predicted octanol–water partition coefficient (Wildman–Crippen LogP) is 3.77. The van der Waals surface area contributed by atoms with Gasteiger partial charge in [-0.05, 0) is 38.5 Å². The van der Waals surface area contributed by atoms with Crippen molar-refractivity contribution in [2.75, 3.05) is 11.1 Å². The minimum absolute atomic E-state index is 0.0466. The van der Waals surface area contributed by atoms with Crippen LogP contribution in [0, 0.1) is 0 Å². The molecule has 0 saturated carbocycles. The molecule has 0 spiro atoms. The van der Waals surface area contributed by atoms with Crippen LogP contribution < -0.4 is 5.32 Å². The Balaban J connectivity index is 2.12. The zero-order valence-electron chi connectivity index (χ0n) is 13.1. The van der Waals surface area contributed by atoms with Crippen LogP contribution in [0.3, 0.4) is 0 Å². The summed E-state index contributed by atoms with van der Waals surface area (Å²) in [5, 5.41) is 17.3. The zero-order valence-corrected chi connectivity index (χ0v) is 14.7. The van der Waals surface area contributed by atoms with Crippen molar-refractivity contribution in [3.8, 4) is 5.75 Å². The van der Waals surface area contributed by atoms with E-state index >= 15 is 0 Å². The molecule has 2 N–H and O–H groups in total. The maximum atomic E-state index is 12.1. The van der Waals surface area contributed by atoms with Crippen LogP contribution in [0.5, 0.6) is 5.75 Å². The molecule has 0 saturated heterocycles. The molecule has 0 radical (unpaired) electrons. The van der Waals surface area contributed by atoms with Gasteiger partial charge in [-0.15, -0.1) is 11.8 Å². The van der Waals surface area contributed by atoms with E-state index in [2.05, 4.69) is 10.4 Å². The minimum Gasteiger partial charge on any atom is -0.506 e. The number of carbonyl (C=O) groups is 1. The van der Waals surface area contributed by atoms with Gasteiger partial charge in [-0.1, -0.05) is 17.7 Å². The smallest absolute Gasteiger partial charge is 0.235 e. The van der Waals surface area contributed by atoms with Gasteiger partial charge in [0.15, 0.2) is 0 Å². The third-order valence-electron chi connectivity index (χ3n) is 3.63. The number of aromatic nitrogens is 2. The molecule has 0 bridgehead atoms. The molecule has 5 nitrogen and oxygen atoms in total. The molecule has 0 aliphatic carbocycles. The maximum absolute atomic E-state index is 12.1. The van der Waals surface area contributed by atoms with Crippen LogP contribution in [0.2, 0.25) is 5.02 Å². The number of hydrogen-bond acceptors (Lipinski definition) is 4. The molecule has 1 aromatic heterocycles. The minimum atomic E-state index is -0.243. The highest BCUT2D eigenvalue weighted by Crippen LogP contribution is 2.43. The molecule has 1 atom stereocenters. The fraction of sp³-hybridized carbons (Fsp3) is 0.375. The van der Waals surface area contributed by atoms with Crippen molar-refractivity contribution in [3.05, 3.63) is 40.5 Å². The number of halogens is 1. The first-order chi connectivity index (χ1) is 10.8. The number of rotatable bonds is 1. The van der Waals surface area contributed by atoms with Gasteiger partial charge in [-0.3, -0.25) is 4.79 Å². The summed E-state index contributed by atoms with van der Waals surface area (Å²) in [7, 11) is 0. The molecule has 2 aromatic rings. The number of benzene rings is 1. The summed E-state index contributed by atoms with van der Waals surface area (Å²) >= 11 is 7.57. The Kier molecular flexibility index (Phi) is 4.06. The molecule has 1 aliphatic rings. The third-order valence-corrected chi connectivity index (χ3v) is 5.22. The highest BCUT2D eigenvalue weighted by molar-refractivity contribution is 8.00. The predicted molar refractivity (Wildman–Crippen MR) is 93.3 cm³/mol. The van der Waals surface area contributed by atoms with Gasteiger partial charge in [-0.25, -0.2) is 4.68 Å².